The fourth-order valence-electron chi connectivity index (χ4n) is 2.11. The maximum atomic E-state index is 11.8. The van der Waals surface area contributed by atoms with Gasteiger partial charge in [-0.15, -0.1) is 0 Å². The second kappa shape index (κ2) is 12.2. The summed E-state index contributed by atoms with van der Waals surface area (Å²) in [6.07, 6.45) is -1.17. The first-order chi connectivity index (χ1) is 12.9. The Bertz CT molecular complexity index is 605. The van der Waals surface area contributed by atoms with Crippen molar-refractivity contribution in [3.8, 4) is 0 Å². The van der Waals surface area contributed by atoms with Gasteiger partial charge in [0.25, 0.3) is 0 Å². The third-order valence-electron chi connectivity index (χ3n) is 3.51. The quantitative estimate of drug-likeness (QED) is 0.128. The van der Waals surface area contributed by atoms with Crippen LogP contribution in [-0.2, 0) is 28.7 Å². The average Bonchev–Trinajstić information content (AvgIpc) is 2.96. The molecule has 27 heavy (non-hydrogen) atoms. The molecule has 0 bridgehead atoms. The van der Waals surface area contributed by atoms with E-state index in [1.807, 2.05) is 0 Å². The number of methoxy groups -OCH3 is 1. The van der Waals surface area contributed by atoms with E-state index < -0.39 is 29.7 Å². The molecule has 0 heterocycles. The number of alkyl carbamates (subject to hydrolysis) is 1. The van der Waals surface area contributed by atoms with Gasteiger partial charge in [-0.3, -0.25) is 29.5 Å². The van der Waals surface area contributed by atoms with Gasteiger partial charge in [-0.05, 0) is 6.42 Å². The average molecular weight is 448 g/mol. The Morgan fingerprint density at radius 2 is 1.85 bits per heavy atom. The molecule has 0 saturated heterocycles. The van der Waals surface area contributed by atoms with Crippen LogP contribution >= 0.6 is 15.9 Å². The molecule has 150 valence electrons. The molecule has 0 aromatic carbocycles. The van der Waals surface area contributed by atoms with Gasteiger partial charge in [-0.2, -0.15) is 0 Å². The minimum Gasteiger partial charge on any atom is -0.453 e. The maximum Gasteiger partial charge on any atom is 0.413 e. The fraction of sp³-hybridized carbons (Fsp3) is 0.625. The molecule has 0 aromatic rings. The molecule has 0 aromatic heterocycles. The molecule has 0 radical (unpaired) electrons. The number of Topliss-reactive ketones (excluding diaryl/α,β-unsaturated/α-hetero) is 3. The summed E-state index contributed by atoms with van der Waals surface area (Å²) in [5.74, 6) is -1.38. The highest BCUT2D eigenvalue weighted by atomic mass is 79.9. The third kappa shape index (κ3) is 8.76. The minimum atomic E-state index is -1.30. The van der Waals surface area contributed by atoms with E-state index in [4.69, 9.17) is 4.74 Å². The molecule has 0 aliphatic heterocycles. The number of carbonyl (C=O) groups excluding carboxylic acids is 5. The number of carbonyl (C=O) groups is 5. The van der Waals surface area contributed by atoms with Gasteiger partial charge in [-0.1, -0.05) is 15.9 Å². The Morgan fingerprint density at radius 1 is 1.19 bits per heavy atom. The Balaban J connectivity index is 2.43. The molecule has 1 rings (SSSR count). The van der Waals surface area contributed by atoms with Crippen molar-refractivity contribution in [3.05, 3.63) is 0 Å². The highest BCUT2D eigenvalue weighted by Crippen LogP contribution is 2.14. The smallest absolute Gasteiger partial charge is 0.413 e. The molecule has 0 atom stereocenters. The van der Waals surface area contributed by atoms with E-state index in [0.717, 1.165) is 0 Å². The lowest BCUT2D eigenvalue weighted by Gasteiger charge is -2.12. The molecule has 1 saturated carbocycles. The standard InChI is InChI=1S/C16H22BrN3O7/c1-26-16(25)20-15(18-7-2-3-10(21)9-17)19-8-6-13(24)27-14-11(22)4-5-12(14)23/h14H,2-9H2,1H3,(H2,18,19,20,25). The van der Waals surface area contributed by atoms with Crippen LogP contribution in [-0.4, -0.2) is 67.0 Å². The van der Waals surface area contributed by atoms with Gasteiger partial charge in [0.05, 0.1) is 18.9 Å². The van der Waals surface area contributed by atoms with Crippen LogP contribution in [0.3, 0.4) is 0 Å². The molecular weight excluding hydrogens is 426 g/mol. The fourth-order valence-corrected chi connectivity index (χ4v) is 2.39. The van der Waals surface area contributed by atoms with Gasteiger partial charge in [0.1, 0.15) is 5.78 Å². The summed E-state index contributed by atoms with van der Waals surface area (Å²) < 4.78 is 9.37. The number of nitrogens with zero attached hydrogens (tertiary/aromatic N) is 1. The van der Waals surface area contributed by atoms with Crippen LogP contribution in [0.2, 0.25) is 0 Å². The van der Waals surface area contributed by atoms with Crippen LogP contribution in [0.1, 0.15) is 32.1 Å². The van der Waals surface area contributed by atoms with Crippen LogP contribution in [0.5, 0.6) is 0 Å². The zero-order valence-corrected chi connectivity index (χ0v) is 16.5. The van der Waals surface area contributed by atoms with Crippen LogP contribution < -0.4 is 10.6 Å². The van der Waals surface area contributed by atoms with Crippen LogP contribution in [0.25, 0.3) is 0 Å². The lowest BCUT2D eigenvalue weighted by atomic mass is 10.2. The normalized spacial score (nSPS) is 14.8. The number of rotatable bonds is 9. The molecule has 0 spiro atoms. The zero-order valence-electron chi connectivity index (χ0n) is 14.9. The Hall–Kier alpha value is -2.30. The lowest BCUT2D eigenvalue weighted by molar-refractivity contribution is -0.157. The van der Waals surface area contributed by atoms with Gasteiger partial charge in [0, 0.05) is 32.4 Å². The lowest BCUT2D eigenvalue weighted by Crippen LogP contribution is -2.42. The Kier molecular flexibility index (Phi) is 10.2. The number of ketones is 3. The van der Waals surface area contributed by atoms with Crippen molar-refractivity contribution < 1.29 is 33.4 Å². The topological polar surface area (TPSA) is 140 Å². The molecule has 10 nitrogen and oxygen atoms in total. The Morgan fingerprint density at radius 3 is 2.44 bits per heavy atom. The number of nitrogens with one attached hydrogen (secondary N) is 2. The van der Waals surface area contributed by atoms with Crippen LogP contribution in [0.4, 0.5) is 4.79 Å². The Labute approximate surface area is 164 Å². The van der Waals surface area contributed by atoms with Crippen molar-refractivity contribution in [2.75, 3.05) is 25.5 Å². The van der Waals surface area contributed by atoms with E-state index >= 15 is 0 Å². The largest absolute Gasteiger partial charge is 0.453 e. The number of guanidine groups is 1. The van der Waals surface area contributed by atoms with Crippen molar-refractivity contribution in [1.29, 1.82) is 0 Å². The van der Waals surface area contributed by atoms with Crippen molar-refractivity contribution in [2.24, 2.45) is 4.99 Å². The summed E-state index contributed by atoms with van der Waals surface area (Å²) in [5, 5.41) is 5.37. The highest BCUT2D eigenvalue weighted by Gasteiger charge is 2.35. The van der Waals surface area contributed by atoms with E-state index in [0.29, 0.717) is 12.8 Å². The summed E-state index contributed by atoms with van der Waals surface area (Å²) in [7, 11) is 1.19. The first kappa shape index (κ1) is 22.7. The maximum absolute atomic E-state index is 11.8. The number of halogens is 1. The van der Waals surface area contributed by atoms with Crippen molar-refractivity contribution >= 4 is 51.3 Å². The summed E-state index contributed by atoms with van der Waals surface area (Å²) in [6.45, 7) is 0.331. The number of aliphatic imine (C=N–C) groups is 1. The number of alkyl halides is 1. The first-order valence-electron chi connectivity index (χ1n) is 8.33. The SMILES string of the molecule is COC(=O)NC(=NCCCC(=O)CBr)NCCC(=O)OC1C(=O)CCC1=O. The predicted molar refractivity (Wildman–Crippen MR) is 97.6 cm³/mol. The number of esters is 1. The number of ether oxygens (including phenoxy) is 2. The monoisotopic (exact) mass is 447 g/mol. The van der Waals surface area contributed by atoms with Crippen molar-refractivity contribution in [3.63, 3.8) is 0 Å². The molecule has 1 amide bonds. The summed E-state index contributed by atoms with van der Waals surface area (Å²) in [5.41, 5.74) is 0. The van der Waals surface area contributed by atoms with Crippen molar-refractivity contribution in [1.82, 2.24) is 10.6 Å². The molecule has 1 aliphatic rings. The molecule has 11 heteroatoms. The number of amides is 1. The van der Waals surface area contributed by atoms with Gasteiger partial charge >= 0.3 is 12.1 Å². The van der Waals surface area contributed by atoms with E-state index in [1.165, 1.54) is 7.11 Å². The second-order valence-corrected chi connectivity index (χ2v) is 6.16. The van der Waals surface area contributed by atoms with Crippen LogP contribution in [0, 0.1) is 0 Å². The van der Waals surface area contributed by atoms with Gasteiger partial charge in [0.2, 0.25) is 12.1 Å². The van der Waals surface area contributed by atoms with E-state index in [-0.39, 0.29) is 49.4 Å². The van der Waals surface area contributed by atoms with E-state index in [1.54, 1.807) is 0 Å². The van der Waals surface area contributed by atoms with Gasteiger partial charge < -0.3 is 14.8 Å². The summed E-state index contributed by atoms with van der Waals surface area (Å²) in [6, 6.07) is 0. The molecule has 2 N–H and O–H groups in total. The first-order valence-corrected chi connectivity index (χ1v) is 9.45. The number of hydrogen-bond acceptors (Lipinski definition) is 8. The number of hydrogen-bond donors (Lipinski definition) is 2. The molecular formula is C16H22BrN3O7. The van der Waals surface area contributed by atoms with Crippen molar-refractivity contribution in [2.45, 2.75) is 38.2 Å². The van der Waals surface area contributed by atoms with E-state index in [2.05, 4.69) is 36.3 Å². The van der Waals surface area contributed by atoms with Crippen LogP contribution in [0.15, 0.2) is 4.99 Å². The van der Waals surface area contributed by atoms with E-state index in [9.17, 15) is 24.0 Å². The summed E-state index contributed by atoms with van der Waals surface area (Å²) in [4.78, 5) is 61.3. The predicted octanol–water partition coefficient (Wildman–Crippen LogP) is 0.266. The second-order valence-electron chi connectivity index (χ2n) is 5.60. The molecule has 1 fully saturated rings. The molecule has 0 unspecified atom stereocenters. The van der Waals surface area contributed by atoms with Gasteiger partial charge in [0.15, 0.2) is 11.6 Å². The highest BCUT2D eigenvalue weighted by molar-refractivity contribution is 9.09. The molecule has 1 aliphatic carbocycles. The summed E-state index contributed by atoms with van der Waals surface area (Å²) >= 11 is 3.07. The van der Waals surface area contributed by atoms with Gasteiger partial charge in [-0.25, -0.2) is 4.79 Å². The third-order valence-corrected chi connectivity index (χ3v) is 4.14. The zero-order chi connectivity index (χ0) is 20.2. The minimum absolute atomic E-state index is 0.0411.